The number of carbonyl (C=O) groups excluding carboxylic acids is 2. The van der Waals surface area contributed by atoms with Crippen LogP contribution in [0, 0.1) is 6.92 Å². The van der Waals surface area contributed by atoms with Crippen LogP contribution in [0.5, 0.6) is 5.75 Å². The number of nitrogens with zero attached hydrogens (tertiary/aromatic N) is 1. The molecule has 1 amide bonds. The molecule has 7 heteroatoms. The lowest BCUT2D eigenvalue weighted by Gasteiger charge is -2.08. The molecule has 0 bridgehead atoms. The van der Waals surface area contributed by atoms with Crippen LogP contribution in [0.4, 0.5) is 0 Å². The van der Waals surface area contributed by atoms with Crippen LogP contribution in [0.2, 0.25) is 0 Å². The molecule has 1 aromatic heterocycles. The number of thiazole rings is 1. The molecule has 0 radical (unpaired) electrons. The van der Waals surface area contributed by atoms with Gasteiger partial charge in [-0.25, -0.2) is 9.78 Å². The van der Waals surface area contributed by atoms with E-state index in [1.54, 1.807) is 35.6 Å². The molecule has 30 heavy (non-hydrogen) atoms. The summed E-state index contributed by atoms with van der Waals surface area (Å²) in [7, 11) is 0. The average molecular weight is 425 g/mol. The molecule has 0 saturated heterocycles. The molecule has 3 rings (SSSR count). The normalized spacial score (nSPS) is 10.4. The first-order valence-corrected chi connectivity index (χ1v) is 10.6. The van der Waals surface area contributed by atoms with E-state index in [0.29, 0.717) is 24.5 Å². The fraction of sp³-hybridized carbons (Fsp3) is 0.261. The van der Waals surface area contributed by atoms with Gasteiger partial charge in [-0.2, -0.15) is 0 Å². The molecule has 0 spiro atoms. The minimum atomic E-state index is -0.565. The second-order valence-electron chi connectivity index (χ2n) is 6.69. The monoisotopic (exact) mass is 424 g/mol. The number of benzene rings is 2. The van der Waals surface area contributed by atoms with E-state index in [9.17, 15) is 9.59 Å². The largest absolute Gasteiger partial charge is 0.487 e. The second-order valence-corrected chi connectivity index (χ2v) is 7.75. The summed E-state index contributed by atoms with van der Waals surface area (Å²) in [6, 6.07) is 16.8. The van der Waals surface area contributed by atoms with E-state index in [-0.39, 0.29) is 12.5 Å². The predicted molar refractivity (Wildman–Crippen MR) is 116 cm³/mol. The number of ether oxygens (including phenoxy) is 2. The van der Waals surface area contributed by atoms with E-state index in [4.69, 9.17) is 9.47 Å². The summed E-state index contributed by atoms with van der Waals surface area (Å²) in [5, 5.41) is 5.68. The summed E-state index contributed by atoms with van der Waals surface area (Å²) in [5.41, 5.74) is 2.40. The van der Waals surface area contributed by atoms with Crippen molar-refractivity contribution in [1.82, 2.24) is 10.3 Å². The molecule has 0 aliphatic heterocycles. The molecule has 156 valence electrons. The van der Waals surface area contributed by atoms with Crippen LogP contribution in [0.15, 0.2) is 60.0 Å². The van der Waals surface area contributed by atoms with Crippen molar-refractivity contribution in [2.24, 2.45) is 0 Å². The number of nitrogens with one attached hydrogen (secondary N) is 1. The third-order valence-corrected chi connectivity index (χ3v) is 5.09. The van der Waals surface area contributed by atoms with Gasteiger partial charge in [0, 0.05) is 11.9 Å². The molecule has 0 aliphatic rings. The Morgan fingerprint density at radius 1 is 1.10 bits per heavy atom. The zero-order chi connectivity index (χ0) is 21.2. The third kappa shape index (κ3) is 7.00. The van der Waals surface area contributed by atoms with Crippen molar-refractivity contribution in [3.63, 3.8) is 0 Å². The first-order valence-electron chi connectivity index (χ1n) is 9.72. The van der Waals surface area contributed by atoms with Crippen LogP contribution in [0.1, 0.15) is 33.0 Å². The molecular formula is C23H24N2O4S. The lowest BCUT2D eigenvalue weighted by Crippen LogP contribution is -2.29. The molecule has 0 unspecified atom stereocenters. The van der Waals surface area contributed by atoms with Crippen LogP contribution < -0.4 is 10.1 Å². The molecule has 2 aromatic carbocycles. The molecule has 1 N–H and O–H groups in total. The van der Waals surface area contributed by atoms with E-state index < -0.39 is 5.97 Å². The van der Waals surface area contributed by atoms with Crippen molar-refractivity contribution in [3.8, 4) is 5.75 Å². The number of amides is 1. The van der Waals surface area contributed by atoms with Crippen LogP contribution >= 0.6 is 11.3 Å². The zero-order valence-corrected chi connectivity index (χ0v) is 17.6. The Balaban J connectivity index is 1.38. The first-order chi connectivity index (χ1) is 14.6. The first kappa shape index (κ1) is 21.5. The highest BCUT2D eigenvalue weighted by molar-refractivity contribution is 7.09. The van der Waals surface area contributed by atoms with Crippen LogP contribution in [-0.4, -0.2) is 30.0 Å². The van der Waals surface area contributed by atoms with Crippen molar-refractivity contribution in [3.05, 3.63) is 81.8 Å². The van der Waals surface area contributed by atoms with Gasteiger partial charge in [-0.15, -0.1) is 11.3 Å². The van der Waals surface area contributed by atoms with Gasteiger partial charge < -0.3 is 14.8 Å². The molecular weight excluding hydrogens is 400 g/mol. The van der Waals surface area contributed by atoms with Gasteiger partial charge in [-0.1, -0.05) is 36.4 Å². The van der Waals surface area contributed by atoms with Crippen molar-refractivity contribution in [1.29, 1.82) is 0 Å². The lowest BCUT2D eigenvalue weighted by atomic mass is 10.1. The molecule has 0 saturated carbocycles. The van der Waals surface area contributed by atoms with Gasteiger partial charge in [0.05, 0.1) is 16.3 Å². The van der Waals surface area contributed by atoms with Crippen molar-refractivity contribution < 1.29 is 19.1 Å². The maximum absolute atomic E-state index is 12.2. The number of rotatable bonds is 10. The maximum Gasteiger partial charge on any atom is 0.338 e. The molecule has 0 aliphatic carbocycles. The van der Waals surface area contributed by atoms with Crippen molar-refractivity contribution in [2.45, 2.75) is 26.4 Å². The Kier molecular flexibility index (Phi) is 7.97. The Hall–Kier alpha value is -3.19. The Morgan fingerprint density at radius 3 is 2.70 bits per heavy atom. The van der Waals surface area contributed by atoms with Gasteiger partial charge in [-0.3, -0.25) is 4.79 Å². The number of hydrogen-bond acceptors (Lipinski definition) is 6. The van der Waals surface area contributed by atoms with Crippen LogP contribution in [0.25, 0.3) is 0 Å². The van der Waals surface area contributed by atoms with Crippen LogP contribution in [-0.2, 0) is 22.6 Å². The number of hydrogen-bond donors (Lipinski definition) is 1. The lowest BCUT2D eigenvalue weighted by molar-refractivity contribution is -0.124. The summed E-state index contributed by atoms with van der Waals surface area (Å²) in [4.78, 5) is 28.5. The maximum atomic E-state index is 12.2. The van der Waals surface area contributed by atoms with Gasteiger partial charge in [-0.05, 0) is 43.5 Å². The molecule has 6 nitrogen and oxygen atoms in total. The predicted octanol–water partition coefficient (Wildman–Crippen LogP) is 3.94. The quantitative estimate of drug-likeness (QED) is 0.394. The minimum Gasteiger partial charge on any atom is -0.487 e. The van der Waals surface area contributed by atoms with Gasteiger partial charge in [0.1, 0.15) is 12.4 Å². The van der Waals surface area contributed by atoms with Crippen LogP contribution in [0.3, 0.4) is 0 Å². The van der Waals surface area contributed by atoms with Crippen molar-refractivity contribution in [2.75, 3.05) is 13.2 Å². The summed E-state index contributed by atoms with van der Waals surface area (Å²) < 4.78 is 10.8. The molecule has 0 atom stereocenters. The highest BCUT2D eigenvalue weighted by Crippen LogP contribution is 2.17. The molecule has 3 aromatic rings. The van der Waals surface area contributed by atoms with Gasteiger partial charge >= 0.3 is 5.97 Å². The van der Waals surface area contributed by atoms with E-state index >= 15 is 0 Å². The van der Waals surface area contributed by atoms with Gasteiger partial charge in [0.15, 0.2) is 6.61 Å². The smallest absolute Gasteiger partial charge is 0.338 e. The minimum absolute atomic E-state index is 0.312. The van der Waals surface area contributed by atoms with Crippen molar-refractivity contribution >= 4 is 23.2 Å². The number of carbonyl (C=O) groups is 2. The summed E-state index contributed by atoms with van der Waals surface area (Å²) in [6.45, 7) is 2.48. The van der Waals surface area contributed by atoms with E-state index in [1.165, 1.54) is 5.56 Å². The SMILES string of the molecule is Cc1nc(COc2cccc(C(=O)OCC(=O)NCCCc3ccccc3)c2)cs1. The fourth-order valence-corrected chi connectivity index (χ4v) is 3.37. The Bertz CT molecular complexity index is 972. The van der Waals surface area contributed by atoms with E-state index in [0.717, 1.165) is 23.5 Å². The number of aromatic nitrogens is 1. The third-order valence-electron chi connectivity index (χ3n) is 4.26. The zero-order valence-electron chi connectivity index (χ0n) is 16.8. The standard InChI is InChI=1S/C23H24N2O4S/c1-17-25-20(16-30-17)14-28-21-11-5-10-19(13-21)23(27)29-15-22(26)24-12-6-9-18-7-3-2-4-8-18/h2-5,7-8,10-11,13,16H,6,9,12,14-15H2,1H3,(H,24,26). The summed E-state index contributed by atoms with van der Waals surface area (Å²) in [5.74, 6) is -0.340. The van der Waals surface area contributed by atoms with Gasteiger partial charge in [0.2, 0.25) is 0 Å². The second kappa shape index (κ2) is 11.1. The molecule has 1 heterocycles. The average Bonchev–Trinajstić information content (AvgIpc) is 3.19. The highest BCUT2D eigenvalue weighted by atomic mass is 32.1. The Morgan fingerprint density at radius 2 is 1.93 bits per heavy atom. The number of aryl methyl sites for hydroxylation is 2. The fourth-order valence-electron chi connectivity index (χ4n) is 2.78. The topological polar surface area (TPSA) is 77.5 Å². The van der Waals surface area contributed by atoms with E-state index in [1.807, 2.05) is 30.5 Å². The van der Waals surface area contributed by atoms with Gasteiger partial charge in [0.25, 0.3) is 5.91 Å². The summed E-state index contributed by atoms with van der Waals surface area (Å²) in [6.07, 6.45) is 1.70. The Labute approximate surface area is 179 Å². The molecule has 0 fully saturated rings. The van der Waals surface area contributed by atoms with E-state index in [2.05, 4.69) is 22.4 Å². The highest BCUT2D eigenvalue weighted by Gasteiger charge is 2.11. The summed E-state index contributed by atoms with van der Waals surface area (Å²) >= 11 is 1.56. The number of esters is 1.